The van der Waals surface area contributed by atoms with E-state index in [1.807, 2.05) is 6.07 Å². The minimum Gasteiger partial charge on any atom is -0.466 e. The number of esters is 1. The predicted octanol–water partition coefficient (Wildman–Crippen LogP) is 5.38. The van der Waals surface area contributed by atoms with Crippen LogP contribution in [0.25, 0.3) is 0 Å². The molecule has 39 heavy (non-hydrogen) atoms. The number of alkyl halides is 3. The molecule has 2 aromatic rings. The standard InChI is InChI=1S/C27H26F6N2O4/c1-3-39-22(36)15-25(20(16-34)19-13-18(28)14-21(29)23(19)30)9-11-35(12-10-25)24(37)26(38-2,27(31,32)33)17-7-5-4-6-8-17/h4-8,13-14,20H,3,9-12,15H2,1-2H3/t20?,26-/m1/s1. The van der Waals surface area contributed by atoms with Crippen molar-refractivity contribution < 1.29 is 45.4 Å². The number of hydrogen-bond donors (Lipinski definition) is 0. The van der Waals surface area contributed by atoms with E-state index in [-0.39, 0.29) is 32.5 Å². The Morgan fingerprint density at radius 2 is 1.72 bits per heavy atom. The maximum atomic E-state index is 14.7. The fraction of sp³-hybridized carbons (Fsp3) is 0.444. The van der Waals surface area contributed by atoms with Crippen molar-refractivity contribution in [1.29, 1.82) is 5.26 Å². The van der Waals surface area contributed by atoms with E-state index in [1.165, 1.54) is 25.1 Å². The number of hydrogen-bond acceptors (Lipinski definition) is 5. The van der Waals surface area contributed by atoms with Gasteiger partial charge in [-0.15, -0.1) is 0 Å². The highest BCUT2D eigenvalue weighted by atomic mass is 19.4. The van der Waals surface area contributed by atoms with Crippen LogP contribution in [0.1, 0.15) is 43.2 Å². The van der Waals surface area contributed by atoms with Crippen LogP contribution in [0.5, 0.6) is 0 Å². The predicted molar refractivity (Wildman–Crippen MR) is 125 cm³/mol. The summed E-state index contributed by atoms with van der Waals surface area (Å²) >= 11 is 0. The number of carbonyl (C=O) groups is 2. The van der Waals surface area contributed by atoms with E-state index in [1.54, 1.807) is 0 Å². The van der Waals surface area contributed by atoms with E-state index in [2.05, 4.69) is 0 Å². The molecule has 1 amide bonds. The van der Waals surface area contributed by atoms with Crippen molar-refractivity contribution in [3.8, 4) is 6.07 Å². The topological polar surface area (TPSA) is 79.6 Å². The van der Waals surface area contributed by atoms with Crippen LogP contribution < -0.4 is 0 Å². The van der Waals surface area contributed by atoms with E-state index < -0.39 is 70.0 Å². The zero-order valence-electron chi connectivity index (χ0n) is 21.2. The van der Waals surface area contributed by atoms with Gasteiger partial charge in [-0.05, 0) is 25.8 Å². The maximum absolute atomic E-state index is 14.7. The average Bonchev–Trinajstić information content (AvgIpc) is 2.88. The lowest BCUT2D eigenvalue weighted by molar-refractivity contribution is -0.271. The fourth-order valence-corrected chi connectivity index (χ4v) is 5.17. The molecule has 2 atom stereocenters. The number of halogens is 6. The summed E-state index contributed by atoms with van der Waals surface area (Å²) in [6.45, 7) is 0.729. The van der Waals surface area contributed by atoms with E-state index in [9.17, 15) is 41.2 Å². The summed E-state index contributed by atoms with van der Waals surface area (Å²) < 4.78 is 95.9. The molecule has 0 saturated carbocycles. The summed E-state index contributed by atoms with van der Waals surface area (Å²) in [6, 6.07) is 9.11. The third-order valence-corrected chi connectivity index (χ3v) is 7.11. The number of nitrogens with zero attached hydrogens (tertiary/aromatic N) is 2. The number of likely N-dealkylation sites (tertiary alicyclic amines) is 1. The molecular weight excluding hydrogens is 530 g/mol. The molecule has 1 aliphatic rings. The number of amides is 1. The number of ether oxygens (including phenoxy) is 2. The van der Waals surface area contributed by atoms with E-state index in [0.717, 1.165) is 24.1 Å². The summed E-state index contributed by atoms with van der Waals surface area (Å²) in [5.41, 5.74) is -5.91. The van der Waals surface area contributed by atoms with Crippen molar-refractivity contribution in [2.75, 3.05) is 26.8 Å². The van der Waals surface area contributed by atoms with Gasteiger partial charge in [-0.2, -0.15) is 18.4 Å². The Morgan fingerprint density at radius 1 is 1.10 bits per heavy atom. The lowest BCUT2D eigenvalue weighted by Gasteiger charge is -2.46. The van der Waals surface area contributed by atoms with Crippen molar-refractivity contribution in [3.63, 3.8) is 0 Å². The largest absolute Gasteiger partial charge is 0.466 e. The number of benzene rings is 2. The molecule has 0 bridgehead atoms. The first-order valence-electron chi connectivity index (χ1n) is 12.0. The molecule has 1 heterocycles. The highest BCUT2D eigenvalue weighted by Crippen LogP contribution is 2.50. The van der Waals surface area contributed by atoms with Crippen molar-refractivity contribution in [1.82, 2.24) is 4.90 Å². The highest BCUT2D eigenvalue weighted by molar-refractivity contribution is 5.88. The molecule has 0 N–H and O–H groups in total. The molecule has 2 aromatic carbocycles. The summed E-state index contributed by atoms with van der Waals surface area (Å²) in [6.07, 6.45) is -6.18. The quantitative estimate of drug-likeness (QED) is 0.248. The zero-order valence-corrected chi connectivity index (χ0v) is 21.2. The van der Waals surface area contributed by atoms with E-state index >= 15 is 0 Å². The number of piperidine rings is 1. The molecule has 0 radical (unpaired) electrons. The third-order valence-electron chi connectivity index (χ3n) is 7.11. The summed E-state index contributed by atoms with van der Waals surface area (Å²) in [5, 5.41) is 9.98. The van der Waals surface area contributed by atoms with Crippen LogP contribution in [0.3, 0.4) is 0 Å². The van der Waals surface area contributed by atoms with Crippen LogP contribution >= 0.6 is 0 Å². The van der Waals surface area contributed by atoms with Crippen molar-refractivity contribution in [3.05, 3.63) is 71.0 Å². The van der Waals surface area contributed by atoms with E-state index in [0.29, 0.717) is 12.1 Å². The summed E-state index contributed by atoms with van der Waals surface area (Å²) in [4.78, 5) is 26.8. The van der Waals surface area contributed by atoms with Crippen LogP contribution in [0.2, 0.25) is 0 Å². The molecular formula is C27H26F6N2O4. The van der Waals surface area contributed by atoms with Gasteiger partial charge >= 0.3 is 12.1 Å². The molecule has 0 aliphatic carbocycles. The Labute approximate surface area is 221 Å². The maximum Gasteiger partial charge on any atom is 0.430 e. The third kappa shape index (κ3) is 5.59. The molecule has 1 fully saturated rings. The second kappa shape index (κ2) is 11.7. The van der Waals surface area contributed by atoms with Crippen LogP contribution in [0, 0.1) is 34.2 Å². The van der Waals surface area contributed by atoms with Gasteiger partial charge in [-0.1, -0.05) is 30.3 Å². The number of nitriles is 1. The molecule has 0 spiro atoms. The Balaban J connectivity index is 2.02. The SMILES string of the molecule is CCOC(=O)CC1(C(C#N)c2cc(F)cc(F)c2F)CCN(C(=O)[C@](OC)(c2ccccc2)C(F)(F)F)CC1. The lowest BCUT2D eigenvalue weighted by Crippen LogP contribution is -2.59. The second-order valence-corrected chi connectivity index (χ2v) is 9.24. The van der Waals surface area contributed by atoms with Crippen molar-refractivity contribution >= 4 is 11.9 Å². The second-order valence-electron chi connectivity index (χ2n) is 9.24. The van der Waals surface area contributed by atoms with Gasteiger partial charge in [0.05, 0.1) is 25.0 Å². The Morgan fingerprint density at radius 3 is 2.23 bits per heavy atom. The summed E-state index contributed by atoms with van der Waals surface area (Å²) in [5.74, 6) is -7.95. The van der Waals surface area contributed by atoms with Crippen molar-refractivity contribution in [2.45, 2.75) is 43.9 Å². The van der Waals surface area contributed by atoms with Crippen LogP contribution in [0.4, 0.5) is 26.3 Å². The highest BCUT2D eigenvalue weighted by Gasteiger charge is 2.64. The Hall–Kier alpha value is -3.59. The first kappa shape index (κ1) is 30.0. The molecule has 3 rings (SSSR count). The molecule has 0 aromatic heterocycles. The fourth-order valence-electron chi connectivity index (χ4n) is 5.17. The van der Waals surface area contributed by atoms with Gasteiger partial charge in [-0.3, -0.25) is 9.59 Å². The molecule has 1 aliphatic heterocycles. The molecule has 1 unspecified atom stereocenters. The number of rotatable bonds is 8. The van der Waals surface area contributed by atoms with Gasteiger partial charge < -0.3 is 14.4 Å². The van der Waals surface area contributed by atoms with Crippen LogP contribution in [-0.2, 0) is 24.7 Å². The van der Waals surface area contributed by atoms with Crippen LogP contribution in [0.15, 0.2) is 42.5 Å². The van der Waals surface area contributed by atoms with Gasteiger partial charge in [0.2, 0.25) is 0 Å². The first-order valence-corrected chi connectivity index (χ1v) is 12.0. The molecule has 210 valence electrons. The minimum absolute atomic E-state index is 0.0291. The normalized spacial score (nSPS) is 17.6. The smallest absolute Gasteiger partial charge is 0.430 e. The number of carbonyl (C=O) groups excluding carboxylic acids is 2. The Kier molecular flexibility index (Phi) is 8.95. The molecule has 1 saturated heterocycles. The Bertz CT molecular complexity index is 1240. The lowest BCUT2D eigenvalue weighted by atomic mass is 9.64. The van der Waals surface area contributed by atoms with Gasteiger partial charge in [-0.25, -0.2) is 13.2 Å². The number of methoxy groups -OCH3 is 1. The monoisotopic (exact) mass is 556 g/mol. The molecule has 6 nitrogen and oxygen atoms in total. The molecule has 12 heteroatoms. The van der Waals surface area contributed by atoms with Gasteiger partial charge in [0.25, 0.3) is 11.5 Å². The zero-order chi connectivity index (χ0) is 29.0. The average molecular weight is 557 g/mol. The minimum atomic E-state index is -5.16. The summed E-state index contributed by atoms with van der Waals surface area (Å²) in [7, 11) is 0.764. The van der Waals surface area contributed by atoms with Gasteiger partial charge in [0, 0.05) is 42.8 Å². The first-order chi connectivity index (χ1) is 18.4. The van der Waals surface area contributed by atoms with Crippen LogP contribution in [-0.4, -0.2) is 49.8 Å². The van der Waals surface area contributed by atoms with E-state index in [4.69, 9.17) is 9.47 Å². The van der Waals surface area contributed by atoms with Crippen molar-refractivity contribution in [2.24, 2.45) is 5.41 Å². The van der Waals surface area contributed by atoms with Gasteiger partial charge in [0.1, 0.15) is 5.82 Å². The van der Waals surface area contributed by atoms with Gasteiger partial charge in [0.15, 0.2) is 11.6 Å².